The summed E-state index contributed by atoms with van der Waals surface area (Å²) in [7, 11) is 0. The van der Waals surface area contributed by atoms with Gasteiger partial charge < -0.3 is 4.74 Å². The first-order valence-electron chi connectivity index (χ1n) is 10.5. The van der Waals surface area contributed by atoms with E-state index < -0.39 is 0 Å². The third-order valence-corrected chi connectivity index (χ3v) is 5.21. The Kier molecular flexibility index (Phi) is 13.2. The molecule has 1 saturated carbocycles. The molecular weight excluding hydrogens is 268 g/mol. The molecule has 1 aliphatic carbocycles. The van der Waals surface area contributed by atoms with Crippen molar-refractivity contribution in [1.29, 1.82) is 0 Å². The molecule has 0 aromatic heterocycles. The molecule has 0 radical (unpaired) electrons. The van der Waals surface area contributed by atoms with Crippen LogP contribution in [0.2, 0.25) is 0 Å². The third-order valence-electron chi connectivity index (χ3n) is 5.21. The summed E-state index contributed by atoms with van der Waals surface area (Å²) in [6.45, 7) is 6.41. The summed E-state index contributed by atoms with van der Waals surface area (Å²) in [5.41, 5.74) is 0. The van der Waals surface area contributed by atoms with Gasteiger partial charge in [0, 0.05) is 13.2 Å². The molecule has 1 rings (SSSR count). The van der Waals surface area contributed by atoms with E-state index in [0.717, 1.165) is 31.5 Å². The van der Waals surface area contributed by atoms with Gasteiger partial charge in [0.25, 0.3) is 0 Å². The zero-order valence-corrected chi connectivity index (χ0v) is 15.6. The Balaban J connectivity index is 1.73. The first-order valence-corrected chi connectivity index (χ1v) is 10.5. The van der Waals surface area contributed by atoms with Crippen LogP contribution in [0.3, 0.4) is 0 Å². The molecule has 0 spiro atoms. The van der Waals surface area contributed by atoms with Crippen molar-refractivity contribution in [3.63, 3.8) is 0 Å². The fraction of sp³-hybridized carbons (Fsp3) is 1.00. The molecule has 1 heteroatoms. The van der Waals surface area contributed by atoms with Crippen LogP contribution in [0, 0.1) is 11.8 Å². The van der Waals surface area contributed by atoms with Gasteiger partial charge in [-0.1, -0.05) is 90.9 Å². The van der Waals surface area contributed by atoms with Crippen LogP contribution in [-0.4, -0.2) is 13.2 Å². The maximum Gasteiger partial charge on any atom is 0.0466 e. The molecule has 1 fully saturated rings. The van der Waals surface area contributed by atoms with E-state index >= 15 is 0 Å². The summed E-state index contributed by atoms with van der Waals surface area (Å²) in [4.78, 5) is 0. The first kappa shape index (κ1) is 20.0. The number of unbranched alkanes of at least 4 members (excludes halogenated alkanes) is 9. The molecule has 0 amide bonds. The second kappa shape index (κ2) is 14.5. The smallest absolute Gasteiger partial charge is 0.0466 e. The summed E-state index contributed by atoms with van der Waals surface area (Å²) in [6, 6.07) is 0. The number of hydrogen-bond acceptors (Lipinski definition) is 1. The molecular formula is C21H42O. The van der Waals surface area contributed by atoms with Crippen molar-refractivity contribution in [3.05, 3.63) is 0 Å². The summed E-state index contributed by atoms with van der Waals surface area (Å²) in [5.74, 6) is 2.22. The SMILES string of the molecule is CCCCCCCCCC1CC1CCCCCCOCCC. The Labute approximate surface area is 140 Å². The van der Waals surface area contributed by atoms with Crippen LogP contribution < -0.4 is 0 Å². The molecule has 1 aliphatic rings. The standard InChI is InChI=1S/C21H42O/c1-3-5-6-7-8-9-12-15-20-19-21(20)16-13-10-11-14-18-22-17-4-2/h20-21H,3-19H2,1-2H3. The summed E-state index contributed by atoms with van der Waals surface area (Å²) in [6.07, 6.45) is 21.5. The number of hydrogen-bond donors (Lipinski definition) is 0. The van der Waals surface area contributed by atoms with Crippen molar-refractivity contribution < 1.29 is 4.74 Å². The molecule has 0 heterocycles. The second-order valence-electron chi connectivity index (χ2n) is 7.48. The molecule has 0 aliphatic heterocycles. The van der Waals surface area contributed by atoms with Crippen LogP contribution in [0.4, 0.5) is 0 Å². The normalized spacial score (nSPS) is 20.5. The van der Waals surface area contributed by atoms with Crippen molar-refractivity contribution in [2.45, 2.75) is 110 Å². The Hall–Kier alpha value is -0.0400. The minimum absolute atomic E-state index is 0.947. The van der Waals surface area contributed by atoms with Gasteiger partial charge in [0.05, 0.1) is 0 Å². The van der Waals surface area contributed by atoms with Gasteiger partial charge >= 0.3 is 0 Å². The van der Waals surface area contributed by atoms with E-state index in [9.17, 15) is 0 Å². The quantitative estimate of drug-likeness (QED) is 0.259. The molecule has 22 heavy (non-hydrogen) atoms. The maximum atomic E-state index is 5.53. The second-order valence-corrected chi connectivity index (χ2v) is 7.48. The Morgan fingerprint density at radius 3 is 1.73 bits per heavy atom. The van der Waals surface area contributed by atoms with Crippen molar-refractivity contribution in [3.8, 4) is 0 Å². The summed E-state index contributed by atoms with van der Waals surface area (Å²) < 4.78 is 5.53. The van der Waals surface area contributed by atoms with Crippen LogP contribution in [0.15, 0.2) is 0 Å². The Morgan fingerprint density at radius 2 is 1.14 bits per heavy atom. The highest BCUT2D eigenvalue weighted by atomic mass is 16.5. The molecule has 2 unspecified atom stereocenters. The third kappa shape index (κ3) is 11.5. The fourth-order valence-electron chi connectivity index (χ4n) is 3.59. The fourth-order valence-corrected chi connectivity index (χ4v) is 3.59. The van der Waals surface area contributed by atoms with E-state index in [4.69, 9.17) is 4.74 Å². The predicted octanol–water partition coefficient (Wildman–Crippen LogP) is 7.14. The van der Waals surface area contributed by atoms with E-state index in [1.54, 1.807) is 6.42 Å². The Bertz CT molecular complexity index is 226. The van der Waals surface area contributed by atoms with Crippen molar-refractivity contribution in [1.82, 2.24) is 0 Å². The molecule has 0 bridgehead atoms. The predicted molar refractivity (Wildman–Crippen MR) is 98.4 cm³/mol. The number of rotatable bonds is 17. The van der Waals surface area contributed by atoms with Crippen molar-refractivity contribution in [2.24, 2.45) is 11.8 Å². The van der Waals surface area contributed by atoms with Crippen LogP contribution in [-0.2, 0) is 4.74 Å². The highest BCUT2D eigenvalue weighted by Gasteiger charge is 2.34. The molecule has 0 aromatic carbocycles. The zero-order chi connectivity index (χ0) is 15.9. The average molecular weight is 311 g/mol. The van der Waals surface area contributed by atoms with Gasteiger partial charge in [0.15, 0.2) is 0 Å². The average Bonchev–Trinajstić information content (AvgIpc) is 3.27. The molecule has 0 N–H and O–H groups in total. The molecule has 0 saturated heterocycles. The number of ether oxygens (including phenoxy) is 1. The lowest BCUT2D eigenvalue weighted by molar-refractivity contribution is 0.130. The lowest BCUT2D eigenvalue weighted by atomic mass is 10.0. The molecule has 132 valence electrons. The van der Waals surface area contributed by atoms with E-state index in [1.807, 2.05) is 0 Å². The van der Waals surface area contributed by atoms with Crippen molar-refractivity contribution in [2.75, 3.05) is 13.2 Å². The lowest BCUT2D eigenvalue weighted by Crippen LogP contribution is -1.95. The van der Waals surface area contributed by atoms with Gasteiger partial charge in [-0.3, -0.25) is 0 Å². The van der Waals surface area contributed by atoms with E-state index in [0.29, 0.717) is 0 Å². The molecule has 1 nitrogen and oxygen atoms in total. The Morgan fingerprint density at radius 1 is 0.591 bits per heavy atom. The zero-order valence-electron chi connectivity index (χ0n) is 15.6. The van der Waals surface area contributed by atoms with Gasteiger partial charge in [0.1, 0.15) is 0 Å². The van der Waals surface area contributed by atoms with E-state index in [2.05, 4.69) is 13.8 Å². The minimum atomic E-state index is 0.947. The highest BCUT2D eigenvalue weighted by molar-refractivity contribution is 4.85. The van der Waals surface area contributed by atoms with Gasteiger partial charge in [-0.15, -0.1) is 0 Å². The van der Waals surface area contributed by atoms with Crippen molar-refractivity contribution >= 4 is 0 Å². The van der Waals surface area contributed by atoms with E-state index in [1.165, 1.54) is 83.5 Å². The minimum Gasteiger partial charge on any atom is -0.381 e. The van der Waals surface area contributed by atoms with Gasteiger partial charge in [-0.05, 0) is 31.1 Å². The molecule has 2 atom stereocenters. The highest BCUT2D eigenvalue weighted by Crippen LogP contribution is 2.45. The topological polar surface area (TPSA) is 9.23 Å². The van der Waals surface area contributed by atoms with E-state index in [-0.39, 0.29) is 0 Å². The van der Waals surface area contributed by atoms with Crippen LogP contribution in [0.5, 0.6) is 0 Å². The first-order chi connectivity index (χ1) is 10.9. The van der Waals surface area contributed by atoms with Crippen LogP contribution >= 0.6 is 0 Å². The monoisotopic (exact) mass is 310 g/mol. The van der Waals surface area contributed by atoms with Crippen LogP contribution in [0.1, 0.15) is 110 Å². The largest absolute Gasteiger partial charge is 0.381 e. The van der Waals surface area contributed by atoms with Crippen LogP contribution in [0.25, 0.3) is 0 Å². The summed E-state index contributed by atoms with van der Waals surface area (Å²) >= 11 is 0. The van der Waals surface area contributed by atoms with Gasteiger partial charge in [-0.25, -0.2) is 0 Å². The summed E-state index contributed by atoms with van der Waals surface area (Å²) in [5, 5.41) is 0. The molecule has 0 aromatic rings. The van der Waals surface area contributed by atoms with Gasteiger partial charge in [-0.2, -0.15) is 0 Å². The lowest BCUT2D eigenvalue weighted by Gasteiger charge is -2.03. The maximum absolute atomic E-state index is 5.53. The van der Waals surface area contributed by atoms with Gasteiger partial charge in [0.2, 0.25) is 0 Å².